The van der Waals surface area contributed by atoms with Gasteiger partial charge < -0.3 is 4.90 Å². The molecule has 6 heteroatoms. The van der Waals surface area contributed by atoms with Crippen molar-refractivity contribution in [3.8, 4) is 0 Å². The lowest BCUT2D eigenvalue weighted by molar-refractivity contribution is -0.184. The second-order valence-electron chi connectivity index (χ2n) is 6.15. The third kappa shape index (κ3) is 4.53. The number of ketones is 1. The predicted octanol–water partition coefficient (Wildman–Crippen LogP) is 4.13. The first-order valence-corrected chi connectivity index (χ1v) is 8.26. The molecule has 1 aliphatic rings. The number of nitrogens with zero attached hydrogens (tertiary/aromatic N) is 1. The molecule has 0 aromatic heterocycles. The Morgan fingerprint density at radius 3 is 1.59 bits per heavy atom. The van der Waals surface area contributed by atoms with Gasteiger partial charge in [-0.2, -0.15) is 13.2 Å². The van der Waals surface area contributed by atoms with E-state index in [0.29, 0.717) is 16.0 Å². The van der Waals surface area contributed by atoms with Crippen LogP contribution in [0.3, 0.4) is 0 Å². The van der Waals surface area contributed by atoms with Gasteiger partial charge in [0.25, 0.3) is 0 Å². The molecule has 1 heterocycles. The Hall–Kier alpha value is -3.15. The highest BCUT2D eigenvalue weighted by Gasteiger charge is 2.44. The van der Waals surface area contributed by atoms with Crippen molar-refractivity contribution in [3.63, 3.8) is 0 Å². The number of amides is 1. The van der Waals surface area contributed by atoms with E-state index in [1.165, 1.54) is 12.2 Å². The van der Waals surface area contributed by atoms with E-state index in [2.05, 4.69) is 0 Å². The molecule has 3 rings (SSSR count). The molecular formula is C21H16F3NO2. The minimum absolute atomic E-state index is 0.146. The average Bonchev–Trinajstić information content (AvgIpc) is 2.65. The molecule has 0 saturated carbocycles. The lowest BCUT2D eigenvalue weighted by Gasteiger charge is -2.30. The minimum atomic E-state index is -4.99. The Morgan fingerprint density at radius 2 is 1.22 bits per heavy atom. The summed E-state index contributed by atoms with van der Waals surface area (Å²) in [5.74, 6) is -2.30. The summed E-state index contributed by atoms with van der Waals surface area (Å²) in [7, 11) is 0. The van der Waals surface area contributed by atoms with Gasteiger partial charge in [0, 0.05) is 11.1 Å². The molecule has 0 spiro atoms. The number of benzene rings is 2. The Labute approximate surface area is 154 Å². The van der Waals surface area contributed by atoms with E-state index in [-0.39, 0.29) is 30.0 Å². The van der Waals surface area contributed by atoms with E-state index >= 15 is 0 Å². The molecule has 1 saturated heterocycles. The van der Waals surface area contributed by atoms with E-state index in [1.54, 1.807) is 60.7 Å². The summed E-state index contributed by atoms with van der Waals surface area (Å²) in [5.41, 5.74) is 1.65. The number of piperidine rings is 1. The number of hydrogen-bond acceptors (Lipinski definition) is 2. The van der Waals surface area contributed by atoms with Crippen LogP contribution in [0.2, 0.25) is 0 Å². The second kappa shape index (κ2) is 7.61. The van der Waals surface area contributed by atoms with E-state index < -0.39 is 12.1 Å². The molecule has 138 valence electrons. The normalized spacial score (nSPS) is 18.2. The van der Waals surface area contributed by atoms with Crippen LogP contribution in [0.25, 0.3) is 12.2 Å². The fourth-order valence-corrected chi connectivity index (χ4v) is 2.86. The molecule has 0 N–H and O–H groups in total. The van der Waals surface area contributed by atoms with Gasteiger partial charge in [0.15, 0.2) is 5.78 Å². The van der Waals surface area contributed by atoms with Gasteiger partial charge >= 0.3 is 12.1 Å². The third-order valence-electron chi connectivity index (χ3n) is 4.12. The summed E-state index contributed by atoms with van der Waals surface area (Å²) in [5, 5.41) is 0. The highest BCUT2D eigenvalue weighted by Crippen LogP contribution is 2.26. The molecule has 2 aromatic carbocycles. The Balaban J connectivity index is 2.00. The van der Waals surface area contributed by atoms with Gasteiger partial charge in [0.1, 0.15) is 0 Å². The van der Waals surface area contributed by atoms with Crippen molar-refractivity contribution < 1.29 is 22.8 Å². The van der Waals surface area contributed by atoms with Crippen LogP contribution in [-0.2, 0) is 9.59 Å². The highest BCUT2D eigenvalue weighted by atomic mass is 19.4. The number of alkyl halides is 3. The molecule has 1 aliphatic heterocycles. The SMILES string of the molecule is O=C1/C(=C/c2ccccc2)CN(C(=O)C(F)(F)F)C/C1=C\c1ccccc1. The zero-order valence-electron chi connectivity index (χ0n) is 14.2. The molecule has 0 radical (unpaired) electrons. The zero-order chi connectivity index (χ0) is 19.4. The quantitative estimate of drug-likeness (QED) is 0.745. The van der Waals surface area contributed by atoms with Crippen molar-refractivity contribution in [2.75, 3.05) is 13.1 Å². The van der Waals surface area contributed by atoms with Crippen LogP contribution in [0.5, 0.6) is 0 Å². The largest absolute Gasteiger partial charge is 0.471 e. The van der Waals surface area contributed by atoms with Crippen molar-refractivity contribution in [2.24, 2.45) is 0 Å². The smallest absolute Gasteiger partial charge is 0.326 e. The van der Waals surface area contributed by atoms with Gasteiger partial charge in [-0.25, -0.2) is 0 Å². The van der Waals surface area contributed by atoms with Gasteiger partial charge in [-0.05, 0) is 23.3 Å². The summed E-state index contributed by atoms with van der Waals surface area (Å²) in [6.07, 6.45) is -1.94. The molecule has 0 aliphatic carbocycles. The molecule has 2 aromatic rings. The van der Waals surface area contributed by atoms with Crippen molar-refractivity contribution in [1.29, 1.82) is 0 Å². The summed E-state index contributed by atoms with van der Waals surface area (Å²) < 4.78 is 38.8. The van der Waals surface area contributed by atoms with Gasteiger partial charge in [-0.15, -0.1) is 0 Å². The Morgan fingerprint density at radius 1 is 0.815 bits per heavy atom. The topological polar surface area (TPSA) is 37.4 Å². The number of carbonyl (C=O) groups excluding carboxylic acids is 2. The Bertz CT molecular complexity index is 839. The summed E-state index contributed by atoms with van der Waals surface area (Å²) in [6, 6.07) is 17.6. The molecule has 27 heavy (non-hydrogen) atoms. The molecular weight excluding hydrogens is 355 g/mol. The van der Waals surface area contributed by atoms with Crippen molar-refractivity contribution in [1.82, 2.24) is 4.90 Å². The first-order chi connectivity index (χ1) is 12.8. The number of Topliss-reactive ketones (excluding diaryl/α,β-unsaturated/α-hetero) is 1. The van der Waals surface area contributed by atoms with Crippen LogP contribution in [0.4, 0.5) is 13.2 Å². The first-order valence-electron chi connectivity index (χ1n) is 8.26. The van der Waals surface area contributed by atoms with Crippen LogP contribution in [-0.4, -0.2) is 35.9 Å². The maximum Gasteiger partial charge on any atom is 0.471 e. The second-order valence-corrected chi connectivity index (χ2v) is 6.15. The molecule has 1 fully saturated rings. The maximum atomic E-state index is 12.9. The van der Waals surface area contributed by atoms with Crippen LogP contribution < -0.4 is 0 Å². The van der Waals surface area contributed by atoms with Crippen LogP contribution in [0.15, 0.2) is 71.8 Å². The molecule has 1 amide bonds. The Kier molecular flexibility index (Phi) is 5.26. The van der Waals surface area contributed by atoms with E-state index in [1.807, 2.05) is 0 Å². The summed E-state index contributed by atoms with van der Waals surface area (Å²) in [6.45, 7) is -0.754. The van der Waals surface area contributed by atoms with E-state index in [4.69, 9.17) is 0 Å². The van der Waals surface area contributed by atoms with Gasteiger partial charge in [-0.1, -0.05) is 60.7 Å². The maximum absolute atomic E-state index is 12.9. The van der Waals surface area contributed by atoms with E-state index in [9.17, 15) is 22.8 Å². The average molecular weight is 371 g/mol. The molecule has 3 nitrogen and oxygen atoms in total. The van der Waals surface area contributed by atoms with Gasteiger partial charge in [0.05, 0.1) is 13.1 Å². The minimum Gasteiger partial charge on any atom is -0.326 e. The van der Waals surface area contributed by atoms with Crippen LogP contribution in [0.1, 0.15) is 11.1 Å². The van der Waals surface area contributed by atoms with Crippen molar-refractivity contribution in [2.45, 2.75) is 6.18 Å². The lowest BCUT2D eigenvalue weighted by Crippen LogP contribution is -2.47. The summed E-state index contributed by atoms with van der Waals surface area (Å²) in [4.78, 5) is 25.2. The number of rotatable bonds is 2. The fraction of sp³-hybridized carbons (Fsp3) is 0.143. The molecule has 0 unspecified atom stereocenters. The van der Waals surface area contributed by atoms with Crippen LogP contribution in [0, 0.1) is 0 Å². The number of carbonyl (C=O) groups is 2. The molecule has 0 bridgehead atoms. The monoisotopic (exact) mass is 371 g/mol. The van der Waals surface area contributed by atoms with Crippen molar-refractivity contribution in [3.05, 3.63) is 82.9 Å². The van der Waals surface area contributed by atoms with Crippen molar-refractivity contribution >= 4 is 23.8 Å². The third-order valence-corrected chi connectivity index (χ3v) is 4.12. The summed E-state index contributed by atoms with van der Waals surface area (Å²) >= 11 is 0. The fourth-order valence-electron chi connectivity index (χ4n) is 2.86. The zero-order valence-corrected chi connectivity index (χ0v) is 14.2. The van der Waals surface area contributed by atoms with Gasteiger partial charge in [0.2, 0.25) is 0 Å². The number of hydrogen-bond donors (Lipinski definition) is 0. The van der Waals surface area contributed by atoms with Crippen LogP contribution >= 0.6 is 0 Å². The lowest BCUT2D eigenvalue weighted by atomic mass is 9.94. The predicted molar refractivity (Wildman–Crippen MR) is 96.5 cm³/mol. The van der Waals surface area contributed by atoms with E-state index in [0.717, 1.165) is 0 Å². The number of halogens is 3. The highest BCUT2D eigenvalue weighted by molar-refractivity contribution is 6.15. The van der Waals surface area contributed by atoms with Gasteiger partial charge in [-0.3, -0.25) is 9.59 Å². The first kappa shape index (κ1) is 18.6. The number of likely N-dealkylation sites (tertiary alicyclic amines) is 1. The molecule has 0 atom stereocenters. The standard InChI is InChI=1S/C21H16F3NO2/c22-21(23,24)20(27)25-13-17(11-15-7-3-1-4-8-15)19(26)18(14-25)12-16-9-5-2-6-10-16/h1-12H,13-14H2/b17-11+,18-12+.